The fourth-order valence-corrected chi connectivity index (χ4v) is 4.47. The molecule has 166 valence electrons. The van der Waals surface area contributed by atoms with Crippen LogP contribution in [0.3, 0.4) is 0 Å². The molecule has 32 heavy (non-hydrogen) atoms. The Bertz CT molecular complexity index is 1080. The normalized spacial score (nSPS) is 13.3. The molecule has 0 spiro atoms. The van der Waals surface area contributed by atoms with Gasteiger partial charge >= 0.3 is 0 Å². The molecule has 1 aliphatic rings. The first-order valence-corrected chi connectivity index (χ1v) is 11.6. The van der Waals surface area contributed by atoms with Crippen LogP contribution in [0, 0.1) is 5.82 Å². The zero-order valence-electron chi connectivity index (χ0n) is 17.7. The second-order valence-corrected chi connectivity index (χ2v) is 8.44. The van der Waals surface area contributed by atoms with Gasteiger partial charge in [0.05, 0.1) is 0 Å². The van der Waals surface area contributed by atoms with Crippen LogP contribution < -0.4 is 4.74 Å². The molecule has 2 heterocycles. The van der Waals surface area contributed by atoms with Crippen LogP contribution in [0.2, 0.25) is 0 Å². The van der Waals surface area contributed by atoms with Crippen molar-refractivity contribution in [2.75, 3.05) is 13.1 Å². The Morgan fingerprint density at radius 2 is 1.88 bits per heavy atom. The summed E-state index contributed by atoms with van der Waals surface area (Å²) in [5.41, 5.74) is 1.81. The van der Waals surface area contributed by atoms with E-state index in [1.807, 2.05) is 33.7 Å². The van der Waals surface area contributed by atoms with Gasteiger partial charge in [-0.15, -0.1) is 16.8 Å². The summed E-state index contributed by atoms with van der Waals surface area (Å²) in [5.74, 6) is 1.15. The first-order chi connectivity index (χ1) is 15.7. The van der Waals surface area contributed by atoms with Gasteiger partial charge in [-0.2, -0.15) is 0 Å². The summed E-state index contributed by atoms with van der Waals surface area (Å²) in [6.07, 6.45) is 3.93. The van der Waals surface area contributed by atoms with Gasteiger partial charge in [0.15, 0.2) is 22.5 Å². The minimum atomic E-state index is -0.413. The van der Waals surface area contributed by atoms with Gasteiger partial charge in [-0.3, -0.25) is 9.36 Å². The minimum Gasteiger partial charge on any atom is -0.483 e. The Balaban J connectivity index is 1.39. The molecular formula is C24H25FN4O2S. The third-order valence-corrected chi connectivity index (χ3v) is 6.30. The third kappa shape index (κ3) is 5.19. The van der Waals surface area contributed by atoms with E-state index in [4.69, 9.17) is 4.74 Å². The molecule has 0 unspecified atom stereocenters. The van der Waals surface area contributed by atoms with Crippen LogP contribution in [0.5, 0.6) is 5.75 Å². The van der Waals surface area contributed by atoms with Crippen LogP contribution in [-0.2, 0) is 18.9 Å². The first-order valence-electron chi connectivity index (χ1n) is 10.6. The van der Waals surface area contributed by atoms with Gasteiger partial charge in [0.25, 0.3) is 5.91 Å². The molecule has 0 bridgehead atoms. The molecule has 0 N–H and O–H groups in total. The van der Waals surface area contributed by atoms with E-state index in [0.29, 0.717) is 18.1 Å². The van der Waals surface area contributed by atoms with Gasteiger partial charge in [-0.1, -0.05) is 42.1 Å². The van der Waals surface area contributed by atoms with Gasteiger partial charge in [0.2, 0.25) is 0 Å². The number of halogens is 1. The fraction of sp³-hybridized carbons (Fsp3) is 0.292. The number of para-hydroxylation sites is 1. The van der Waals surface area contributed by atoms with Gasteiger partial charge in [0.1, 0.15) is 6.61 Å². The fourth-order valence-electron chi connectivity index (χ4n) is 3.54. The standard InChI is InChI=1S/C24H25FN4O2S/c1-2-13-29-22(16-31-21-8-4-3-7-20(21)25)26-27-24(29)32-17-18-9-11-19(12-10-18)23(30)28-14-5-6-15-28/h2-4,7-12H,1,5-6,13-17H2. The minimum absolute atomic E-state index is 0.104. The summed E-state index contributed by atoms with van der Waals surface area (Å²) in [7, 11) is 0. The second kappa shape index (κ2) is 10.5. The number of likely N-dealkylation sites (tertiary alicyclic amines) is 1. The maximum Gasteiger partial charge on any atom is 0.253 e. The number of benzene rings is 2. The number of nitrogens with zero attached hydrogens (tertiary/aromatic N) is 4. The van der Waals surface area contributed by atoms with Gasteiger partial charge < -0.3 is 9.64 Å². The lowest BCUT2D eigenvalue weighted by Crippen LogP contribution is -2.27. The lowest BCUT2D eigenvalue weighted by Gasteiger charge is -2.15. The lowest BCUT2D eigenvalue weighted by molar-refractivity contribution is 0.0793. The van der Waals surface area contributed by atoms with Crippen molar-refractivity contribution in [2.24, 2.45) is 0 Å². The summed E-state index contributed by atoms with van der Waals surface area (Å²) in [6.45, 7) is 6.13. The zero-order valence-corrected chi connectivity index (χ0v) is 18.6. The number of thioether (sulfide) groups is 1. The monoisotopic (exact) mass is 452 g/mol. The molecule has 1 saturated heterocycles. The van der Waals surface area contributed by atoms with Crippen molar-refractivity contribution in [3.63, 3.8) is 0 Å². The molecule has 4 rings (SSSR count). The molecule has 8 heteroatoms. The number of hydrogen-bond acceptors (Lipinski definition) is 5. The molecule has 1 fully saturated rings. The van der Waals surface area contributed by atoms with Crippen molar-refractivity contribution in [2.45, 2.75) is 36.9 Å². The van der Waals surface area contributed by atoms with Gasteiger partial charge in [0, 0.05) is 31.0 Å². The van der Waals surface area contributed by atoms with Crippen LogP contribution in [0.1, 0.15) is 34.6 Å². The average molecular weight is 453 g/mol. The van der Waals surface area contributed by atoms with Crippen molar-refractivity contribution < 1.29 is 13.9 Å². The molecule has 3 aromatic rings. The quantitative estimate of drug-likeness (QED) is 0.348. The summed E-state index contributed by atoms with van der Waals surface area (Å²) in [4.78, 5) is 14.4. The smallest absolute Gasteiger partial charge is 0.253 e. The maximum absolute atomic E-state index is 13.8. The van der Waals surface area contributed by atoms with Crippen LogP contribution in [0.25, 0.3) is 0 Å². The van der Waals surface area contributed by atoms with E-state index in [2.05, 4.69) is 16.8 Å². The van der Waals surface area contributed by atoms with Crippen LogP contribution >= 0.6 is 11.8 Å². The van der Waals surface area contributed by atoms with E-state index in [0.717, 1.165) is 42.2 Å². The molecule has 1 aliphatic heterocycles. The molecule has 0 atom stereocenters. The molecule has 0 radical (unpaired) electrons. The number of carbonyl (C=O) groups excluding carboxylic acids is 1. The number of allylic oxidation sites excluding steroid dienone is 1. The Hall–Kier alpha value is -3.13. The van der Waals surface area contributed by atoms with E-state index in [9.17, 15) is 9.18 Å². The number of carbonyl (C=O) groups is 1. The highest BCUT2D eigenvalue weighted by atomic mass is 32.2. The average Bonchev–Trinajstić information content (AvgIpc) is 3.48. The summed E-state index contributed by atoms with van der Waals surface area (Å²) < 4.78 is 21.3. The highest BCUT2D eigenvalue weighted by Gasteiger charge is 2.19. The second-order valence-electron chi connectivity index (χ2n) is 7.50. The molecule has 6 nitrogen and oxygen atoms in total. The highest BCUT2D eigenvalue weighted by Crippen LogP contribution is 2.24. The van der Waals surface area contributed by atoms with Gasteiger partial charge in [-0.05, 0) is 42.7 Å². The summed E-state index contributed by atoms with van der Waals surface area (Å²) in [6, 6.07) is 14.0. The predicted molar refractivity (Wildman–Crippen MR) is 122 cm³/mol. The molecule has 0 aliphatic carbocycles. The summed E-state index contributed by atoms with van der Waals surface area (Å²) >= 11 is 1.54. The van der Waals surface area contributed by atoms with Gasteiger partial charge in [-0.25, -0.2) is 4.39 Å². The van der Waals surface area contributed by atoms with E-state index in [-0.39, 0.29) is 18.3 Å². The maximum atomic E-state index is 13.8. The topological polar surface area (TPSA) is 60.2 Å². The van der Waals surface area contributed by atoms with E-state index < -0.39 is 5.82 Å². The largest absolute Gasteiger partial charge is 0.483 e. The number of rotatable bonds is 9. The molecular weight excluding hydrogens is 427 g/mol. The Morgan fingerprint density at radius 3 is 2.59 bits per heavy atom. The zero-order chi connectivity index (χ0) is 22.3. The Morgan fingerprint density at radius 1 is 1.12 bits per heavy atom. The van der Waals surface area contributed by atoms with Crippen molar-refractivity contribution in [3.8, 4) is 5.75 Å². The van der Waals surface area contributed by atoms with Crippen molar-refractivity contribution >= 4 is 17.7 Å². The predicted octanol–water partition coefficient (Wildman–Crippen LogP) is 4.71. The van der Waals surface area contributed by atoms with Crippen LogP contribution in [0.4, 0.5) is 4.39 Å². The molecule has 0 saturated carbocycles. The SMILES string of the molecule is C=CCn1c(COc2ccccc2F)nnc1SCc1ccc(C(=O)N2CCCC2)cc1. The van der Waals surface area contributed by atoms with E-state index in [1.165, 1.54) is 6.07 Å². The first kappa shape index (κ1) is 22.1. The third-order valence-electron chi connectivity index (χ3n) is 5.26. The number of aromatic nitrogens is 3. The molecule has 1 aromatic heterocycles. The number of ether oxygens (including phenoxy) is 1. The van der Waals surface area contributed by atoms with E-state index >= 15 is 0 Å². The lowest BCUT2D eigenvalue weighted by atomic mass is 10.1. The number of hydrogen-bond donors (Lipinski definition) is 0. The number of amides is 1. The van der Waals surface area contributed by atoms with Crippen molar-refractivity contribution in [3.05, 3.63) is 84.0 Å². The highest BCUT2D eigenvalue weighted by molar-refractivity contribution is 7.98. The van der Waals surface area contributed by atoms with Crippen molar-refractivity contribution in [1.82, 2.24) is 19.7 Å². The van der Waals surface area contributed by atoms with Crippen molar-refractivity contribution in [1.29, 1.82) is 0 Å². The van der Waals surface area contributed by atoms with E-state index in [1.54, 1.807) is 36.0 Å². The molecule has 2 aromatic carbocycles. The Labute approximate surface area is 191 Å². The molecule has 1 amide bonds. The van der Waals surface area contributed by atoms with Crippen LogP contribution in [-0.4, -0.2) is 38.7 Å². The Kier molecular flexibility index (Phi) is 7.21. The summed E-state index contributed by atoms with van der Waals surface area (Å²) in [5, 5.41) is 9.23. The van der Waals surface area contributed by atoms with Crippen LogP contribution in [0.15, 0.2) is 66.3 Å².